The summed E-state index contributed by atoms with van der Waals surface area (Å²) >= 11 is 0. The number of nitrogens with zero attached hydrogens (tertiary/aromatic N) is 1. The van der Waals surface area contributed by atoms with Crippen LogP contribution in [0.5, 0.6) is 0 Å². The molecule has 0 aliphatic carbocycles. The fourth-order valence-corrected chi connectivity index (χ4v) is 2.70. The number of anilines is 1. The van der Waals surface area contributed by atoms with Crippen molar-refractivity contribution in [3.8, 4) is 0 Å². The molecule has 0 heterocycles. The summed E-state index contributed by atoms with van der Waals surface area (Å²) in [5.74, 6) is 0.191. The van der Waals surface area contributed by atoms with E-state index >= 15 is 0 Å². The predicted octanol–water partition coefficient (Wildman–Crippen LogP) is 3.60. The summed E-state index contributed by atoms with van der Waals surface area (Å²) in [5.41, 5.74) is 8.43. The minimum atomic E-state index is -0.643. The first-order chi connectivity index (χ1) is 10.9. The Balaban J connectivity index is 2.07. The molecule has 0 aromatic heterocycles. The van der Waals surface area contributed by atoms with Gasteiger partial charge in [-0.1, -0.05) is 38.1 Å². The Hall–Kier alpha value is -1.91. The maximum absolute atomic E-state index is 13.0. The maximum Gasteiger partial charge on any atom is 0.123 e. The molecule has 0 amide bonds. The van der Waals surface area contributed by atoms with E-state index in [1.165, 1.54) is 12.1 Å². The highest BCUT2D eigenvalue weighted by Gasteiger charge is 2.15. The minimum absolute atomic E-state index is 0.292. The molecular formula is C19H25FN2O. The lowest BCUT2D eigenvalue weighted by Gasteiger charge is -2.27. The van der Waals surface area contributed by atoms with Crippen LogP contribution in [0.4, 0.5) is 10.1 Å². The van der Waals surface area contributed by atoms with E-state index in [4.69, 9.17) is 5.73 Å². The van der Waals surface area contributed by atoms with Crippen molar-refractivity contribution in [2.75, 3.05) is 18.8 Å². The summed E-state index contributed by atoms with van der Waals surface area (Å²) in [7, 11) is 0. The first-order valence-electron chi connectivity index (χ1n) is 7.94. The Morgan fingerprint density at radius 3 is 2.39 bits per heavy atom. The van der Waals surface area contributed by atoms with Crippen LogP contribution < -0.4 is 5.73 Å². The number of hydrogen-bond acceptors (Lipinski definition) is 3. The van der Waals surface area contributed by atoms with E-state index in [2.05, 4.69) is 18.7 Å². The standard InChI is InChI=1S/C19H25FN2O/c1-14(2)11-22(12-15-4-3-5-18(21)10-15)13-19(23)16-6-8-17(20)9-7-16/h3-10,14,19,23H,11-13,21H2,1-2H3. The number of nitrogen functional groups attached to an aromatic ring is 1. The van der Waals surface area contributed by atoms with Crippen molar-refractivity contribution in [2.45, 2.75) is 26.5 Å². The summed E-state index contributed by atoms with van der Waals surface area (Å²) < 4.78 is 13.0. The fraction of sp³-hybridized carbons (Fsp3) is 0.368. The van der Waals surface area contributed by atoms with E-state index in [0.29, 0.717) is 12.5 Å². The predicted molar refractivity (Wildman–Crippen MR) is 92.3 cm³/mol. The fourth-order valence-electron chi connectivity index (χ4n) is 2.70. The van der Waals surface area contributed by atoms with Crippen molar-refractivity contribution in [1.82, 2.24) is 4.90 Å². The van der Waals surface area contributed by atoms with Crippen LogP contribution in [0, 0.1) is 11.7 Å². The lowest BCUT2D eigenvalue weighted by atomic mass is 10.1. The van der Waals surface area contributed by atoms with Crippen molar-refractivity contribution in [1.29, 1.82) is 0 Å². The average molecular weight is 316 g/mol. The van der Waals surface area contributed by atoms with E-state index in [1.807, 2.05) is 24.3 Å². The molecule has 4 heteroatoms. The largest absolute Gasteiger partial charge is 0.399 e. The molecule has 0 spiro atoms. The van der Waals surface area contributed by atoms with Gasteiger partial charge < -0.3 is 10.8 Å². The zero-order chi connectivity index (χ0) is 16.8. The van der Waals surface area contributed by atoms with E-state index in [1.54, 1.807) is 12.1 Å². The third-order valence-electron chi connectivity index (χ3n) is 3.67. The first kappa shape index (κ1) is 17.4. The van der Waals surface area contributed by atoms with Gasteiger partial charge in [-0.15, -0.1) is 0 Å². The highest BCUT2D eigenvalue weighted by Crippen LogP contribution is 2.18. The second-order valence-electron chi connectivity index (χ2n) is 6.40. The molecule has 0 radical (unpaired) electrons. The van der Waals surface area contributed by atoms with Gasteiger partial charge in [0.05, 0.1) is 6.10 Å². The third kappa shape index (κ3) is 5.66. The zero-order valence-corrected chi connectivity index (χ0v) is 13.7. The summed E-state index contributed by atoms with van der Waals surface area (Å²) in [6, 6.07) is 13.8. The molecule has 0 aliphatic rings. The van der Waals surface area contributed by atoms with Crippen LogP contribution in [0.15, 0.2) is 48.5 Å². The van der Waals surface area contributed by atoms with Crippen LogP contribution in [0.3, 0.4) is 0 Å². The van der Waals surface area contributed by atoms with Crippen LogP contribution >= 0.6 is 0 Å². The Labute approximate surface area is 137 Å². The summed E-state index contributed by atoms with van der Waals surface area (Å²) in [6.45, 7) is 6.39. The van der Waals surface area contributed by atoms with Crippen LogP contribution in [0.2, 0.25) is 0 Å². The zero-order valence-electron chi connectivity index (χ0n) is 13.7. The van der Waals surface area contributed by atoms with Gasteiger partial charge >= 0.3 is 0 Å². The molecule has 2 aromatic rings. The van der Waals surface area contributed by atoms with Crippen LogP contribution in [0.1, 0.15) is 31.1 Å². The number of hydrogen-bond donors (Lipinski definition) is 2. The molecule has 3 nitrogen and oxygen atoms in total. The van der Waals surface area contributed by atoms with Gasteiger partial charge in [0, 0.05) is 25.3 Å². The lowest BCUT2D eigenvalue weighted by Crippen LogP contribution is -2.31. The highest BCUT2D eigenvalue weighted by atomic mass is 19.1. The van der Waals surface area contributed by atoms with E-state index in [0.717, 1.165) is 29.9 Å². The molecule has 0 aliphatic heterocycles. The van der Waals surface area contributed by atoms with Crippen LogP contribution in [-0.4, -0.2) is 23.1 Å². The topological polar surface area (TPSA) is 49.5 Å². The molecule has 0 bridgehead atoms. The number of rotatable bonds is 7. The Morgan fingerprint density at radius 1 is 1.09 bits per heavy atom. The molecule has 1 atom stereocenters. The van der Waals surface area contributed by atoms with Crippen LogP contribution in [0.25, 0.3) is 0 Å². The van der Waals surface area contributed by atoms with Gasteiger partial charge in [-0.05, 0) is 41.3 Å². The smallest absolute Gasteiger partial charge is 0.123 e. The van der Waals surface area contributed by atoms with Gasteiger partial charge in [0.25, 0.3) is 0 Å². The van der Waals surface area contributed by atoms with Gasteiger partial charge in [-0.25, -0.2) is 4.39 Å². The van der Waals surface area contributed by atoms with E-state index < -0.39 is 6.10 Å². The van der Waals surface area contributed by atoms with Crippen LogP contribution in [-0.2, 0) is 6.54 Å². The number of nitrogens with two attached hydrogens (primary N) is 1. The van der Waals surface area contributed by atoms with E-state index in [9.17, 15) is 9.50 Å². The lowest BCUT2D eigenvalue weighted by molar-refractivity contribution is 0.102. The van der Waals surface area contributed by atoms with Gasteiger partial charge in [0.2, 0.25) is 0 Å². The molecule has 2 rings (SSSR count). The van der Waals surface area contributed by atoms with E-state index in [-0.39, 0.29) is 5.82 Å². The molecule has 2 aromatic carbocycles. The summed E-state index contributed by atoms with van der Waals surface area (Å²) in [5, 5.41) is 10.4. The van der Waals surface area contributed by atoms with Crippen molar-refractivity contribution in [3.05, 3.63) is 65.5 Å². The molecule has 0 saturated heterocycles. The minimum Gasteiger partial charge on any atom is -0.399 e. The SMILES string of the molecule is CC(C)CN(Cc1cccc(N)c1)CC(O)c1ccc(F)cc1. The third-order valence-corrected chi connectivity index (χ3v) is 3.67. The quantitative estimate of drug-likeness (QED) is 0.767. The van der Waals surface area contributed by atoms with Crippen molar-refractivity contribution < 1.29 is 9.50 Å². The van der Waals surface area contributed by atoms with Gasteiger partial charge in [-0.2, -0.15) is 0 Å². The Kier molecular flexibility index (Phi) is 6.13. The second-order valence-corrected chi connectivity index (χ2v) is 6.40. The number of aliphatic hydroxyl groups is 1. The Morgan fingerprint density at radius 2 is 1.78 bits per heavy atom. The monoisotopic (exact) mass is 316 g/mol. The summed E-state index contributed by atoms with van der Waals surface area (Å²) in [4.78, 5) is 2.20. The average Bonchev–Trinajstić information content (AvgIpc) is 2.47. The molecule has 124 valence electrons. The molecule has 23 heavy (non-hydrogen) atoms. The molecule has 1 unspecified atom stereocenters. The van der Waals surface area contributed by atoms with Crippen molar-refractivity contribution >= 4 is 5.69 Å². The Bertz CT molecular complexity index is 613. The number of aliphatic hydroxyl groups excluding tert-OH is 1. The second kappa shape index (κ2) is 8.09. The van der Waals surface area contributed by atoms with Gasteiger partial charge in [0.1, 0.15) is 5.82 Å². The number of halogens is 1. The normalized spacial score (nSPS) is 12.8. The molecular weight excluding hydrogens is 291 g/mol. The highest BCUT2D eigenvalue weighted by molar-refractivity contribution is 5.40. The number of benzene rings is 2. The van der Waals surface area contributed by atoms with Gasteiger partial charge in [0.15, 0.2) is 0 Å². The maximum atomic E-state index is 13.0. The van der Waals surface area contributed by atoms with Crippen molar-refractivity contribution in [3.63, 3.8) is 0 Å². The molecule has 0 saturated carbocycles. The molecule has 0 fully saturated rings. The van der Waals surface area contributed by atoms with Crippen molar-refractivity contribution in [2.24, 2.45) is 5.92 Å². The molecule has 3 N–H and O–H groups in total. The van der Waals surface area contributed by atoms with Gasteiger partial charge in [-0.3, -0.25) is 4.90 Å². The summed E-state index contributed by atoms with van der Waals surface area (Å²) in [6.07, 6.45) is -0.643. The first-order valence-corrected chi connectivity index (χ1v) is 7.94.